The van der Waals surface area contributed by atoms with Crippen LogP contribution in [-0.4, -0.2) is 40.8 Å². The number of benzene rings is 2. The predicted octanol–water partition coefficient (Wildman–Crippen LogP) is 3.56. The van der Waals surface area contributed by atoms with Gasteiger partial charge in [0.15, 0.2) is 0 Å². The molecule has 1 aromatic heterocycles. The van der Waals surface area contributed by atoms with Gasteiger partial charge in [0.1, 0.15) is 0 Å². The Morgan fingerprint density at radius 1 is 1.18 bits per heavy atom. The van der Waals surface area contributed by atoms with E-state index in [1.807, 2.05) is 68.4 Å². The summed E-state index contributed by atoms with van der Waals surface area (Å²) in [5.74, 6) is -0.0482. The average molecular weight is 373 g/mol. The van der Waals surface area contributed by atoms with Gasteiger partial charge in [-0.15, -0.1) is 0 Å². The number of pyridine rings is 1. The predicted molar refractivity (Wildman–Crippen MR) is 110 cm³/mol. The molecule has 142 valence electrons. The van der Waals surface area contributed by atoms with Gasteiger partial charge in [-0.1, -0.05) is 30.3 Å². The SMILES string of the molecule is CCN1C[C@@H](NC(=O)c2cccc(-c3cc(C)nc4ccccc34)c2)CC1=O. The first-order chi connectivity index (χ1) is 13.5. The van der Waals surface area contributed by atoms with Crippen LogP contribution in [0, 0.1) is 6.92 Å². The van der Waals surface area contributed by atoms with Crippen molar-refractivity contribution in [2.75, 3.05) is 13.1 Å². The number of nitrogens with zero attached hydrogens (tertiary/aromatic N) is 2. The van der Waals surface area contributed by atoms with E-state index in [1.165, 1.54) is 0 Å². The van der Waals surface area contributed by atoms with Crippen molar-refractivity contribution in [3.05, 3.63) is 65.9 Å². The van der Waals surface area contributed by atoms with Gasteiger partial charge in [-0.25, -0.2) is 0 Å². The molecule has 1 saturated heterocycles. The second-order valence-electron chi connectivity index (χ2n) is 7.22. The summed E-state index contributed by atoms with van der Waals surface area (Å²) in [6.45, 7) is 5.18. The fourth-order valence-electron chi connectivity index (χ4n) is 3.82. The van der Waals surface area contributed by atoms with E-state index >= 15 is 0 Å². The summed E-state index contributed by atoms with van der Waals surface area (Å²) in [5, 5.41) is 4.06. The van der Waals surface area contributed by atoms with Gasteiger partial charge in [0, 0.05) is 36.2 Å². The third kappa shape index (κ3) is 3.48. The normalized spacial score (nSPS) is 16.6. The molecule has 5 nitrogen and oxygen atoms in total. The van der Waals surface area contributed by atoms with Crippen molar-refractivity contribution in [3.8, 4) is 11.1 Å². The van der Waals surface area contributed by atoms with Crippen molar-refractivity contribution in [1.82, 2.24) is 15.2 Å². The Kier molecular flexibility index (Phi) is 4.82. The first-order valence-electron chi connectivity index (χ1n) is 9.60. The van der Waals surface area contributed by atoms with E-state index in [2.05, 4.69) is 10.3 Å². The summed E-state index contributed by atoms with van der Waals surface area (Å²) < 4.78 is 0. The topological polar surface area (TPSA) is 62.3 Å². The van der Waals surface area contributed by atoms with E-state index in [4.69, 9.17) is 0 Å². The Labute approximate surface area is 164 Å². The summed E-state index contributed by atoms with van der Waals surface area (Å²) in [7, 11) is 0. The van der Waals surface area contributed by atoms with E-state index < -0.39 is 0 Å². The van der Waals surface area contributed by atoms with Crippen molar-refractivity contribution in [3.63, 3.8) is 0 Å². The number of aromatic nitrogens is 1. The number of rotatable bonds is 4. The highest BCUT2D eigenvalue weighted by molar-refractivity contribution is 5.99. The number of likely N-dealkylation sites (tertiary alicyclic amines) is 1. The van der Waals surface area contributed by atoms with Crippen molar-refractivity contribution in [2.45, 2.75) is 26.3 Å². The molecular weight excluding hydrogens is 350 g/mol. The Hall–Kier alpha value is -3.21. The molecule has 1 N–H and O–H groups in total. The van der Waals surface area contributed by atoms with E-state index in [0.29, 0.717) is 25.1 Å². The van der Waals surface area contributed by atoms with Gasteiger partial charge in [0.25, 0.3) is 5.91 Å². The smallest absolute Gasteiger partial charge is 0.251 e. The number of para-hydroxylation sites is 1. The van der Waals surface area contributed by atoms with Crippen molar-refractivity contribution < 1.29 is 9.59 Å². The van der Waals surface area contributed by atoms with Crippen LogP contribution in [0.1, 0.15) is 29.4 Å². The van der Waals surface area contributed by atoms with Crippen LogP contribution in [0.3, 0.4) is 0 Å². The van der Waals surface area contributed by atoms with Crippen LogP contribution in [0.25, 0.3) is 22.0 Å². The molecule has 2 aromatic carbocycles. The number of amides is 2. The number of carbonyl (C=O) groups is 2. The summed E-state index contributed by atoms with van der Waals surface area (Å²) >= 11 is 0. The van der Waals surface area contributed by atoms with Crippen molar-refractivity contribution in [2.24, 2.45) is 0 Å². The van der Waals surface area contributed by atoms with E-state index in [0.717, 1.165) is 27.7 Å². The van der Waals surface area contributed by atoms with Crippen molar-refractivity contribution >= 4 is 22.7 Å². The number of fused-ring (bicyclic) bond motifs is 1. The third-order valence-electron chi connectivity index (χ3n) is 5.21. The Balaban J connectivity index is 1.62. The zero-order valence-corrected chi connectivity index (χ0v) is 16.1. The van der Waals surface area contributed by atoms with E-state index in [9.17, 15) is 9.59 Å². The van der Waals surface area contributed by atoms with Gasteiger partial charge in [-0.3, -0.25) is 14.6 Å². The number of nitrogens with one attached hydrogen (secondary N) is 1. The first kappa shape index (κ1) is 18.2. The Morgan fingerprint density at radius 3 is 2.79 bits per heavy atom. The summed E-state index contributed by atoms with van der Waals surface area (Å²) in [6, 6.07) is 17.6. The molecule has 3 aromatic rings. The largest absolute Gasteiger partial charge is 0.347 e. The lowest BCUT2D eigenvalue weighted by Gasteiger charge is -2.15. The molecule has 1 atom stereocenters. The maximum absolute atomic E-state index is 12.8. The molecule has 28 heavy (non-hydrogen) atoms. The van der Waals surface area contributed by atoms with Gasteiger partial charge in [-0.05, 0) is 49.2 Å². The highest BCUT2D eigenvalue weighted by atomic mass is 16.2. The quantitative estimate of drug-likeness (QED) is 0.761. The van der Waals surface area contributed by atoms with Crippen LogP contribution in [0.2, 0.25) is 0 Å². The molecule has 4 rings (SSSR count). The molecular formula is C23H23N3O2. The molecule has 1 aliphatic heterocycles. The van der Waals surface area contributed by atoms with Gasteiger partial charge >= 0.3 is 0 Å². The molecule has 2 amide bonds. The minimum absolute atomic E-state index is 0.0975. The van der Waals surface area contributed by atoms with E-state index in [-0.39, 0.29) is 17.9 Å². The number of hydrogen-bond acceptors (Lipinski definition) is 3. The summed E-state index contributed by atoms with van der Waals surface area (Å²) in [6.07, 6.45) is 0.369. The zero-order valence-electron chi connectivity index (χ0n) is 16.1. The molecule has 5 heteroatoms. The maximum atomic E-state index is 12.8. The number of hydrogen-bond donors (Lipinski definition) is 1. The van der Waals surface area contributed by atoms with Gasteiger partial charge < -0.3 is 10.2 Å². The fraction of sp³-hybridized carbons (Fsp3) is 0.261. The molecule has 0 radical (unpaired) electrons. The van der Waals surface area contributed by atoms with Crippen LogP contribution in [0.5, 0.6) is 0 Å². The van der Waals surface area contributed by atoms with Gasteiger partial charge in [0.05, 0.1) is 11.6 Å². The van der Waals surface area contributed by atoms with Crippen molar-refractivity contribution in [1.29, 1.82) is 0 Å². The monoisotopic (exact) mass is 373 g/mol. The van der Waals surface area contributed by atoms with Crippen LogP contribution in [0.15, 0.2) is 54.6 Å². The maximum Gasteiger partial charge on any atom is 0.251 e. The second kappa shape index (κ2) is 7.43. The number of aryl methyl sites for hydroxylation is 1. The lowest BCUT2D eigenvalue weighted by Crippen LogP contribution is -2.37. The molecule has 2 heterocycles. The second-order valence-corrected chi connectivity index (χ2v) is 7.22. The first-order valence-corrected chi connectivity index (χ1v) is 9.60. The molecule has 0 bridgehead atoms. The molecule has 0 unspecified atom stereocenters. The van der Waals surface area contributed by atoms with Crippen LogP contribution in [0.4, 0.5) is 0 Å². The minimum atomic E-state index is -0.146. The zero-order chi connectivity index (χ0) is 19.7. The lowest BCUT2D eigenvalue weighted by atomic mass is 9.98. The lowest BCUT2D eigenvalue weighted by molar-refractivity contribution is -0.127. The highest BCUT2D eigenvalue weighted by Crippen LogP contribution is 2.29. The molecule has 0 aliphatic carbocycles. The Morgan fingerprint density at radius 2 is 2.00 bits per heavy atom. The fourth-order valence-corrected chi connectivity index (χ4v) is 3.82. The molecule has 1 aliphatic rings. The van der Waals surface area contributed by atoms with Crippen LogP contribution >= 0.6 is 0 Å². The van der Waals surface area contributed by atoms with Crippen LogP contribution < -0.4 is 5.32 Å². The average Bonchev–Trinajstić information content (AvgIpc) is 3.06. The molecule has 0 saturated carbocycles. The molecule has 0 spiro atoms. The molecule has 1 fully saturated rings. The number of likely N-dealkylation sites (N-methyl/N-ethyl adjacent to an activating group) is 1. The highest BCUT2D eigenvalue weighted by Gasteiger charge is 2.29. The number of carbonyl (C=O) groups excluding carboxylic acids is 2. The van der Waals surface area contributed by atoms with E-state index in [1.54, 1.807) is 4.90 Å². The minimum Gasteiger partial charge on any atom is -0.347 e. The summed E-state index contributed by atoms with van der Waals surface area (Å²) in [4.78, 5) is 31.0. The van der Waals surface area contributed by atoms with Gasteiger partial charge in [-0.2, -0.15) is 0 Å². The third-order valence-corrected chi connectivity index (χ3v) is 5.21. The standard InChI is InChI=1S/C23H23N3O2/c1-3-26-14-18(13-22(26)27)25-23(28)17-8-6-7-16(12-17)20-11-15(2)24-21-10-5-4-9-19(20)21/h4-12,18H,3,13-14H2,1-2H3,(H,25,28)/t18-/m0/s1. The Bertz CT molecular complexity index is 1060. The van der Waals surface area contributed by atoms with Crippen LogP contribution in [-0.2, 0) is 4.79 Å². The van der Waals surface area contributed by atoms with Gasteiger partial charge in [0.2, 0.25) is 5.91 Å². The summed E-state index contributed by atoms with van der Waals surface area (Å²) in [5.41, 5.74) is 4.51.